The minimum atomic E-state index is -0.857. The van der Waals surface area contributed by atoms with Gasteiger partial charge in [0, 0.05) is 11.3 Å². The first-order valence-corrected chi connectivity index (χ1v) is 6.96. The molecule has 0 amide bonds. The summed E-state index contributed by atoms with van der Waals surface area (Å²) in [6, 6.07) is 5.49. The van der Waals surface area contributed by atoms with Crippen LogP contribution in [0.5, 0.6) is 11.6 Å². The lowest BCUT2D eigenvalue weighted by Gasteiger charge is -2.12. The van der Waals surface area contributed by atoms with E-state index in [1.54, 1.807) is 13.0 Å². The summed E-state index contributed by atoms with van der Waals surface area (Å²) in [5, 5.41) is 9.78. The fraction of sp³-hybridized carbons (Fsp3) is 0.250. The van der Waals surface area contributed by atoms with Crippen LogP contribution in [0.2, 0.25) is 0 Å². The van der Waals surface area contributed by atoms with E-state index in [0.717, 1.165) is 22.2 Å². The summed E-state index contributed by atoms with van der Waals surface area (Å²) in [5.74, 6) is 1.14. The molecule has 6 heteroatoms. The van der Waals surface area contributed by atoms with Gasteiger partial charge in [0.2, 0.25) is 11.6 Å². The van der Waals surface area contributed by atoms with Gasteiger partial charge in [-0.25, -0.2) is 9.83 Å². The highest BCUT2D eigenvalue weighted by Gasteiger charge is 2.29. The molecule has 1 aromatic carbocycles. The lowest BCUT2D eigenvalue weighted by Crippen LogP contribution is -2.30. The summed E-state index contributed by atoms with van der Waals surface area (Å²) in [6.07, 6.45) is 0. The van der Waals surface area contributed by atoms with E-state index in [2.05, 4.69) is 9.83 Å². The van der Waals surface area contributed by atoms with Gasteiger partial charge in [-0.05, 0) is 55.6 Å². The summed E-state index contributed by atoms with van der Waals surface area (Å²) in [5.41, 5.74) is 4.65. The quantitative estimate of drug-likeness (QED) is 0.683. The summed E-state index contributed by atoms with van der Waals surface area (Å²) in [6.45, 7) is 13.0. The summed E-state index contributed by atoms with van der Waals surface area (Å²) < 4.78 is 11.1. The van der Waals surface area contributed by atoms with Crippen molar-refractivity contribution in [1.29, 1.82) is 0 Å². The van der Waals surface area contributed by atoms with Crippen molar-refractivity contribution in [3.63, 3.8) is 0 Å². The molecule has 1 aromatic heterocycles. The summed E-state index contributed by atoms with van der Waals surface area (Å²) >= 11 is 0. The molecule has 0 saturated heterocycles. The monoisotopic (exact) mass is 294 g/mol. The molecule has 0 fully saturated rings. The predicted octanol–water partition coefficient (Wildman–Crippen LogP) is 2.57. The third kappa shape index (κ3) is 2.45. The number of aryl methyl sites for hydroxylation is 3. The van der Waals surface area contributed by atoms with Crippen LogP contribution in [0, 0.1) is 27.3 Å². The van der Waals surface area contributed by atoms with Crippen molar-refractivity contribution in [3.05, 3.63) is 52.0 Å². The minimum absolute atomic E-state index is 0.372. The molecule has 0 unspecified atom stereocenters. The zero-order chi connectivity index (χ0) is 15.9. The maximum Gasteiger partial charge on any atom is 0.492 e. The smallest absolute Gasteiger partial charge is 0.439 e. The van der Waals surface area contributed by atoms with E-state index in [0.29, 0.717) is 29.6 Å². The van der Waals surface area contributed by atoms with Crippen LogP contribution in [-0.2, 0) is 11.3 Å². The maximum atomic E-state index is 9.78. The van der Waals surface area contributed by atoms with Crippen LogP contribution in [0.3, 0.4) is 0 Å². The summed E-state index contributed by atoms with van der Waals surface area (Å²) in [4.78, 5) is 7.80. The molecule has 2 heterocycles. The van der Waals surface area contributed by atoms with Gasteiger partial charge >= 0.3 is 7.12 Å². The largest absolute Gasteiger partial charge is 0.492 e. The summed E-state index contributed by atoms with van der Waals surface area (Å²) in [7, 11) is -0.857. The molecule has 110 valence electrons. The molecule has 3 rings (SSSR count). The van der Waals surface area contributed by atoms with Crippen LogP contribution < -0.4 is 10.2 Å². The number of benzene rings is 1. The highest BCUT2D eigenvalue weighted by Crippen LogP contribution is 2.30. The van der Waals surface area contributed by atoms with Gasteiger partial charge in [0.15, 0.2) is 0 Å². The van der Waals surface area contributed by atoms with Crippen LogP contribution in [0.1, 0.15) is 22.4 Å². The Bertz CT molecular complexity index is 799. The SMILES string of the molecule is [C-]#[N+]c1cc(C)c(Oc2cc(C)c3c(c2)COB3O)nc1C. The van der Waals surface area contributed by atoms with E-state index in [4.69, 9.17) is 16.0 Å². The molecule has 1 N–H and O–H groups in total. The van der Waals surface area contributed by atoms with E-state index in [1.165, 1.54) is 0 Å². The molecule has 0 bridgehead atoms. The van der Waals surface area contributed by atoms with Crippen molar-refractivity contribution in [1.82, 2.24) is 4.98 Å². The fourth-order valence-electron chi connectivity index (χ4n) is 2.62. The second-order valence-corrected chi connectivity index (χ2v) is 5.41. The third-order valence-corrected chi connectivity index (χ3v) is 3.76. The predicted molar refractivity (Wildman–Crippen MR) is 83.6 cm³/mol. The molecule has 1 aliphatic rings. The van der Waals surface area contributed by atoms with Gasteiger partial charge in [0.05, 0.1) is 13.2 Å². The van der Waals surface area contributed by atoms with Gasteiger partial charge in [-0.1, -0.05) is 0 Å². The van der Waals surface area contributed by atoms with E-state index in [9.17, 15) is 5.02 Å². The molecule has 0 radical (unpaired) electrons. The molecular formula is C16H15BN2O3. The Kier molecular flexibility index (Phi) is 3.61. The Morgan fingerprint density at radius 2 is 2.05 bits per heavy atom. The molecular weight excluding hydrogens is 279 g/mol. The lowest BCUT2D eigenvalue weighted by atomic mass is 9.76. The molecule has 0 saturated carbocycles. The van der Waals surface area contributed by atoms with Gasteiger partial charge in [-0.15, -0.1) is 0 Å². The van der Waals surface area contributed by atoms with E-state index < -0.39 is 7.12 Å². The number of fused-ring (bicyclic) bond motifs is 1. The molecule has 2 aromatic rings. The highest BCUT2D eigenvalue weighted by molar-refractivity contribution is 6.62. The maximum absolute atomic E-state index is 9.78. The minimum Gasteiger partial charge on any atom is -0.439 e. The zero-order valence-electron chi connectivity index (χ0n) is 12.7. The Morgan fingerprint density at radius 1 is 1.27 bits per heavy atom. The standard InChI is InChI=1S/C16H15BN2O3/c1-9-5-13(7-12-8-21-17(20)15(9)12)22-16-10(2)6-14(18-4)11(3)19-16/h5-7,20H,8H2,1-3H3. The first-order chi connectivity index (χ1) is 10.5. The number of nitrogens with zero attached hydrogens (tertiary/aromatic N) is 2. The first kappa shape index (κ1) is 14.6. The molecule has 5 nitrogen and oxygen atoms in total. The van der Waals surface area contributed by atoms with Crippen molar-refractivity contribution in [2.24, 2.45) is 0 Å². The highest BCUT2D eigenvalue weighted by atomic mass is 16.5. The van der Waals surface area contributed by atoms with Gasteiger partial charge in [-0.2, -0.15) is 0 Å². The normalized spacial score (nSPS) is 13.0. The van der Waals surface area contributed by atoms with Crippen LogP contribution in [0.4, 0.5) is 5.69 Å². The molecule has 0 atom stereocenters. The van der Waals surface area contributed by atoms with Crippen LogP contribution in [-0.4, -0.2) is 17.1 Å². The Balaban J connectivity index is 1.97. The zero-order valence-corrected chi connectivity index (χ0v) is 12.7. The second-order valence-electron chi connectivity index (χ2n) is 5.41. The number of hydrogen-bond donors (Lipinski definition) is 1. The van der Waals surface area contributed by atoms with Crippen LogP contribution in [0.15, 0.2) is 18.2 Å². The number of rotatable bonds is 2. The van der Waals surface area contributed by atoms with Crippen molar-refractivity contribution in [2.75, 3.05) is 0 Å². The number of aromatic nitrogens is 1. The van der Waals surface area contributed by atoms with Crippen LogP contribution in [0.25, 0.3) is 4.85 Å². The van der Waals surface area contributed by atoms with Crippen molar-refractivity contribution in [2.45, 2.75) is 27.4 Å². The molecule has 0 spiro atoms. The van der Waals surface area contributed by atoms with Crippen LogP contribution >= 0.6 is 0 Å². The third-order valence-electron chi connectivity index (χ3n) is 3.76. The number of ether oxygens (including phenoxy) is 1. The topological polar surface area (TPSA) is 55.9 Å². The first-order valence-electron chi connectivity index (χ1n) is 6.96. The van der Waals surface area contributed by atoms with E-state index in [-0.39, 0.29) is 0 Å². The van der Waals surface area contributed by atoms with Crippen molar-refractivity contribution < 1.29 is 14.4 Å². The Hall–Kier alpha value is -2.36. The number of pyridine rings is 1. The average molecular weight is 294 g/mol. The van der Waals surface area contributed by atoms with E-state index in [1.807, 2.05) is 26.0 Å². The lowest BCUT2D eigenvalue weighted by molar-refractivity contribution is 0.275. The Morgan fingerprint density at radius 3 is 2.77 bits per heavy atom. The Labute approximate surface area is 129 Å². The number of hydrogen-bond acceptors (Lipinski definition) is 4. The van der Waals surface area contributed by atoms with Gasteiger partial charge in [0.25, 0.3) is 0 Å². The second kappa shape index (κ2) is 5.45. The molecule has 1 aliphatic heterocycles. The van der Waals surface area contributed by atoms with E-state index >= 15 is 0 Å². The van der Waals surface area contributed by atoms with Gasteiger partial charge in [-0.3, -0.25) is 0 Å². The average Bonchev–Trinajstić information content (AvgIpc) is 2.84. The van der Waals surface area contributed by atoms with Crippen molar-refractivity contribution >= 4 is 18.3 Å². The van der Waals surface area contributed by atoms with Gasteiger partial charge in [0.1, 0.15) is 5.75 Å². The van der Waals surface area contributed by atoms with Crippen molar-refractivity contribution in [3.8, 4) is 11.6 Å². The van der Waals surface area contributed by atoms with Gasteiger partial charge < -0.3 is 14.4 Å². The molecule has 22 heavy (non-hydrogen) atoms. The molecule has 0 aliphatic carbocycles. The fourth-order valence-corrected chi connectivity index (χ4v) is 2.62.